The van der Waals surface area contributed by atoms with Crippen LogP contribution in [0.15, 0.2) is 35.2 Å². The highest BCUT2D eigenvalue weighted by Gasteiger charge is 2.33. The molecule has 7 heteroatoms. The Labute approximate surface area is 172 Å². The van der Waals surface area contributed by atoms with Gasteiger partial charge in [0.2, 0.25) is 10.0 Å². The average Bonchev–Trinajstić information content (AvgIpc) is 3.09. The fraction of sp³-hybridized carbons (Fsp3) is 0.409. The van der Waals surface area contributed by atoms with Gasteiger partial charge in [0.15, 0.2) is 5.82 Å². The maximum Gasteiger partial charge on any atom is 0.244 e. The second-order valence-electron chi connectivity index (χ2n) is 8.12. The van der Waals surface area contributed by atoms with E-state index in [1.54, 1.807) is 4.31 Å². The number of rotatable bonds is 4. The summed E-state index contributed by atoms with van der Waals surface area (Å²) in [5.74, 6) is 0.957. The van der Waals surface area contributed by atoms with Gasteiger partial charge in [0, 0.05) is 0 Å². The highest BCUT2D eigenvalue weighted by Crippen LogP contribution is 2.28. The fourth-order valence-corrected chi connectivity index (χ4v) is 6.26. The third-order valence-corrected chi connectivity index (χ3v) is 8.35. The van der Waals surface area contributed by atoms with E-state index < -0.39 is 10.0 Å². The standard InChI is InChI=1S/C22H28N4O2S/c1-15-13-16(2)18(4)22(17(15)3)29(27,28)26-11-9-25(10-12-26)14-21-23-19-7-5-6-8-20(19)24-21/h5-8,13H,9-12,14H2,1-4H3,(H,23,24)/p+1. The van der Waals surface area contributed by atoms with Gasteiger partial charge in [-0.15, -0.1) is 0 Å². The van der Waals surface area contributed by atoms with Crippen LogP contribution in [0.4, 0.5) is 0 Å². The predicted octanol–water partition coefficient (Wildman–Crippen LogP) is 1.89. The van der Waals surface area contributed by atoms with Crippen molar-refractivity contribution < 1.29 is 13.3 Å². The third kappa shape index (κ3) is 3.70. The van der Waals surface area contributed by atoms with Crippen molar-refractivity contribution in [3.8, 4) is 0 Å². The Bertz CT molecular complexity index is 1100. The lowest BCUT2D eigenvalue weighted by atomic mass is 10.0. The average molecular weight is 414 g/mol. The second kappa shape index (κ2) is 7.55. The van der Waals surface area contributed by atoms with Crippen LogP contribution in [0.2, 0.25) is 0 Å². The number of fused-ring (bicyclic) bond motifs is 1. The molecule has 0 unspecified atom stereocenters. The van der Waals surface area contributed by atoms with Crippen molar-refractivity contribution in [1.29, 1.82) is 0 Å². The lowest BCUT2D eigenvalue weighted by molar-refractivity contribution is -0.917. The number of aromatic nitrogens is 2. The molecule has 0 spiro atoms. The molecule has 2 N–H and O–H groups in total. The molecule has 1 fully saturated rings. The molecule has 1 aromatic heterocycles. The molecule has 0 radical (unpaired) electrons. The summed E-state index contributed by atoms with van der Waals surface area (Å²) in [5, 5.41) is 0. The lowest BCUT2D eigenvalue weighted by Gasteiger charge is -2.32. The van der Waals surface area contributed by atoms with Crippen molar-refractivity contribution in [3.63, 3.8) is 0 Å². The van der Waals surface area contributed by atoms with E-state index in [2.05, 4.69) is 16.0 Å². The molecular weight excluding hydrogens is 384 g/mol. The molecule has 0 bridgehead atoms. The third-order valence-electron chi connectivity index (χ3n) is 6.18. The molecule has 2 heterocycles. The molecule has 4 rings (SSSR count). The maximum atomic E-state index is 13.4. The SMILES string of the molecule is Cc1cc(C)c(C)c(S(=O)(=O)N2CC[NH+](Cc3nc4ccccc4[nH]3)CC2)c1C. The Morgan fingerprint density at radius 3 is 2.28 bits per heavy atom. The van der Waals surface area contributed by atoms with Crippen molar-refractivity contribution in [2.75, 3.05) is 26.2 Å². The number of aromatic amines is 1. The van der Waals surface area contributed by atoms with Gasteiger partial charge in [-0.05, 0) is 62.1 Å². The normalized spacial score (nSPS) is 16.6. The summed E-state index contributed by atoms with van der Waals surface area (Å²) in [6.45, 7) is 11.2. The summed E-state index contributed by atoms with van der Waals surface area (Å²) < 4.78 is 28.5. The number of nitrogens with one attached hydrogen (secondary N) is 2. The zero-order chi connectivity index (χ0) is 20.8. The summed E-state index contributed by atoms with van der Waals surface area (Å²) in [5.41, 5.74) is 5.81. The number of hydrogen-bond acceptors (Lipinski definition) is 3. The Balaban J connectivity index is 1.49. The van der Waals surface area contributed by atoms with E-state index >= 15 is 0 Å². The minimum Gasteiger partial charge on any atom is -0.337 e. The van der Waals surface area contributed by atoms with Crippen LogP contribution in [0, 0.1) is 27.7 Å². The van der Waals surface area contributed by atoms with Crippen molar-refractivity contribution >= 4 is 21.1 Å². The van der Waals surface area contributed by atoms with Gasteiger partial charge in [0.1, 0.15) is 6.54 Å². The minimum atomic E-state index is -3.49. The first-order chi connectivity index (χ1) is 13.8. The molecule has 0 saturated carbocycles. The van der Waals surface area contributed by atoms with Gasteiger partial charge < -0.3 is 9.88 Å². The first-order valence-corrected chi connectivity index (χ1v) is 11.6. The summed E-state index contributed by atoms with van der Waals surface area (Å²) >= 11 is 0. The number of imidazole rings is 1. The molecule has 154 valence electrons. The number of hydrogen-bond donors (Lipinski definition) is 2. The summed E-state index contributed by atoms with van der Waals surface area (Å²) in [7, 11) is -3.49. The van der Waals surface area contributed by atoms with Crippen LogP contribution in [0.3, 0.4) is 0 Å². The molecule has 1 saturated heterocycles. The van der Waals surface area contributed by atoms with Crippen molar-refractivity contribution in [3.05, 3.63) is 58.4 Å². The van der Waals surface area contributed by atoms with E-state index in [1.165, 1.54) is 4.90 Å². The zero-order valence-electron chi connectivity index (χ0n) is 17.5. The number of sulfonamides is 1. The van der Waals surface area contributed by atoms with Gasteiger partial charge in [-0.2, -0.15) is 4.31 Å². The lowest BCUT2D eigenvalue weighted by Crippen LogP contribution is -3.13. The van der Waals surface area contributed by atoms with Crippen LogP contribution in [-0.4, -0.2) is 48.9 Å². The molecule has 0 aliphatic carbocycles. The number of para-hydroxylation sites is 2. The first-order valence-electron chi connectivity index (χ1n) is 10.1. The van der Waals surface area contributed by atoms with Gasteiger partial charge in [0.05, 0.1) is 42.1 Å². The van der Waals surface area contributed by atoms with Crippen molar-refractivity contribution in [1.82, 2.24) is 14.3 Å². The number of nitrogens with zero attached hydrogens (tertiary/aromatic N) is 2. The molecule has 3 aromatic rings. The molecule has 1 aliphatic rings. The number of benzene rings is 2. The van der Waals surface area contributed by atoms with Gasteiger partial charge in [-0.25, -0.2) is 13.4 Å². The molecule has 6 nitrogen and oxygen atoms in total. The minimum absolute atomic E-state index is 0.496. The first kappa shape index (κ1) is 20.1. The smallest absolute Gasteiger partial charge is 0.244 e. The Hall–Kier alpha value is -2.22. The van der Waals surface area contributed by atoms with E-state index in [0.29, 0.717) is 18.0 Å². The molecule has 1 aliphatic heterocycles. The van der Waals surface area contributed by atoms with Gasteiger partial charge in [0.25, 0.3) is 0 Å². The van der Waals surface area contributed by atoms with Crippen molar-refractivity contribution in [2.24, 2.45) is 0 Å². The number of aryl methyl sites for hydroxylation is 2. The monoisotopic (exact) mass is 413 g/mol. The highest BCUT2D eigenvalue weighted by molar-refractivity contribution is 7.89. The quantitative estimate of drug-likeness (QED) is 0.686. The van der Waals surface area contributed by atoms with E-state index in [9.17, 15) is 8.42 Å². The Morgan fingerprint density at radius 2 is 1.66 bits per heavy atom. The van der Waals surface area contributed by atoms with Crippen LogP contribution in [0.1, 0.15) is 28.1 Å². The fourth-order valence-electron chi connectivity index (χ4n) is 4.24. The molecule has 29 heavy (non-hydrogen) atoms. The number of quaternary nitrogens is 1. The van der Waals surface area contributed by atoms with E-state index in [4.69, 9.17) is 0 Å². The van der Waals surface area contributed by atoms with Gasteiger partial charge in [-0.3, -0.25) is 0 Å². The number of piperazine rings is 1. The summed E-state index contributed by atoms with van der Waals surface area (Å²) in [6, 6.07) is 10.1. The zero-order valence-corrected chi connectivity index (χ0v) is 18.4. The Kier molecular flexibility index (Phi) is 5.23. The van der Waals surface area contributed by atoms with Crippen LogP contribution in [0.5, 0.6) is 0 Å². The van der Waals surface area contributed by atoms with Crippen LogP contribution < -0.4 is 4.90 Å². The van der Waals surface area contributed by atoms with Gasteiger partial charge in [-0.1, -0.05) is 18.2 Å². The van der Waals surface area contributed by atoms with Crippen LogP contribution in [-0.2, 0) is 16.6 Å². The van der Waals surface area contributed by atoms with Gasteiger partial charge >= 0.3 is 0 Å². The highest BCUT2D eigenvalue weighted by atomic mass is 32.2. The molecular formula is C22H29N4O2S+. The van der Waals surface area contributed by atoms with Crippen LogP contribution in [0.25, 0.3) is 11.0 Å². The number of H-pyrrole nitrogens is 1. The molecule has 2 aromatic carbocycles. The van der Waals surface area contributed by atoms with E-state index in [1.807, 2.05) is 52.0 Å². The van der Waals surface area contributed by atoms with E-state index in [-0.39, 0.29) is 0 Å². The predicted molar refractivity (Wildman–Crippen MR) is 115 cm³/mol. The Morgan fingerprint density at radius 1 is 1.03 bits per heavy atom. The summed E-state index contributed by atoms with van der Waals surface area (Å²) in [4.78, 5) is 9.88. The largest absolute Gasteiger partial charge is 0.337 e. The van der Waals surface area contributed by atoms with Crippen molar-refractivity contribution in [2.45, 2.75) is 39.1 Å². The van der Waals surface area contributed by atoms with E-state index in [0.717, 1.165) is 58.7 Å². The second-order valence-corrected chi connectivity index (χ2v) is 10.00. The summed E-state index contributed by atoms with van der Waals surface area (Å²) in [6.07, 6.45) is 0. The topological polar surface area (TPSA) is 70.5 Å². The molecule has 0 amide bonds. The molecule has 0 atom stereocenters. The maximum absolute atomic E-state index is 13.4. The van der Waals surface area contributed by atoms with Crippen LogP contribution >= 0.6 is 0 Å².